The molecule has 0 radical (unpaired) electrons. The molecule has 0 aliphatic carbocycles. The van der Waals surface area contributed by atoms with Crippen molar-refractivity contribution in [2.24, 2.45) is 5.92 Å². The molecular weight excluding hydrogens is 254 g/mol. The summed E-state index contributed by atoms with van der Waals surface area (Å²) in [5, 5.41) is 3.30. The van der Waals surface area contributed by atoms with E-state index in [4.69, 9.17) is 0 Å². The molecule has 1 aromatic carbocycles. The summed E-state index contributed by atoms with van der Waals surface area (Å²) in [4.78, 5) is 0. The fourth-order valence-corrected chi connectivity index (χ4v) is 3.98. The Kier molecular flexibility index (Phi) is 6.73. The molecule has 3 unspecified atom stereocenters. The van der Waals surface area contributed by atoms with Crippen molar-refractivity contribution in [3.8, 4) is 0 Å². The summed E-state index contributed by atoms with van der Waals surface area (Å²) in [5.41, 5.74) is 3.78. The van der Waals surface area contributed by atoms with Crippen molar-refractivity contribution >= 4 is 10.8 Å². The second kappa shape index (κ2) is 7.81. The molecule has 19 heavy (non-hydrogen) atoms. The minimum absolute atomic E-state index is 0.184. The lowest BCUT2D eigenvalue weighted by Gasteiger charge is -2.18. The molecular formula is C16H27NOS. The molecule has 1 rings (SSSR count). The van der Waals surface area contributed by atoms with Gasteiger partial charge in [-0.05, 0) is 32.4 Å². The number of hydrogen-bond donors (Lipinski definition) is 1. The van der Waals surface area contributed by atoms with E-state index >= 15 is 0 Å². The summed E-state index contributed by atoms with van der Waals surface area (Å²) in [7, 11) is 1.19. The SMILES string of the molecule is CCC(C)CS(=O)CC(NC)c1cc(C)cc(C)c1. The van der Waals surface area contributed by atoms with Gasteiger partial charge in [-0.15, -0.1) is 0 Å². The highest BCUT2D eigenvalue weighted by atomic mass is 32.2. The Hall–Kier alpha value is -0.670. The van der Waals surface area contributed by atoms with Gasteiger partial charge in [0, 0.05) is 28.3 Å². The first-order valence-electron chi connectivity index (χ1n) is 7.06. The molecule has 0 saturated carbocycles. The standard InChI is InChI=1S/C16H27NOS/c1-6-12(2)10-19(18)11-16(17-5)15-8-13(3)7-14(4)9-15/h7-9,12,16-17H,6,10-11H2,1-5H3. The Morgan fingerprint density at radius 2 is 1.74 bits per heavy atom. The van der Waals surface area contributed by atoms with Gasteiger partial charge in [0.2, 0.25) is 0 Å². The van der Waals surface area contributed by atoms with Crippen LogP contribution in [-0.4, -0.2) is 22.8 Å². The van der Waals surface area contributed by atoms with Crippen molar-refractivity contribution in [3.05, 3.63) is 34.9 Å². The van der Waals surface area contributed by atoms with Crippen LogP contribution in [0.15, 0.2) is 18.2 Å². The van der Waals surface area contributed by atoms with Crippen LogP contribution >= 0.6 is 0 Å². The molecule has 0 aromatic heterocycles. The highest BCUT2D eigenvalue weighted by Gasteiger charge is 2.15. The van der Waals surface area contributed by atoms with E-state index in [0.29, 0.717) is 11.7 Å². The Balaban J connectivity index is 2.75. The Morgan fingerprint density at radius 3 is 2.21 bits per heavy atom. The number of benzene rings is 1. The third-order valence-corrected chi connectivity index (χ3v) is 5.16. The largest absolute Gasteiger partial charge is 0.312 e. The summed E-state index contributed by atoms with van der Waals surface area (Å²) in [6.45, 7) is 8.54. The predicted molar refractivity (Wildman–Crippen MR) is 85.0 cm³/mol. The Bertz CT molecular complexity index is 411. The lowest BCUT2D eigenvalue weighted by atomic mass is 10.0. The van der Waals surface area contributed by atoms with Crippen LogP contribution in [-0.2, 0) is 10.8 Å². The minimum atomic E-state index is -0.756. The molecule has 0 amide bonds. The van der Waals surface area contributed by atoms with E-state index in [1.807, 2.05) is 7.05 Å². The lowest BCUT2D eigenvalue weighted by molar-refractivity contribution is 0.602. The summed E-state index contributed by atoms with van der Waals surface area (Å²) in [5.74, 6) is 2.04. The van der Waals surface area contributed by atoms with Crippen LogP contribution in [0.5, 0.6) is 0 Å². The number of rotatable bonds is 7. The molecule has 1 aromatic rings. The van der Waals surface area contributed by atoms with Crippen LogP contribution < -0.4 is 5.32 Å². The van der Waals surface area contributed by atoms with Crippen molar-refractivity contribution < 1.29 is 4.21 Å². The summed E-state index contributed by atoms with van der Waals surface area (Å²) in [6, 6.07) is 6.73. The average Bonchev–Trinajstić information content (AvgIpc) is 2.34. The number of nitrogens with one attached hydrogen (secondary N) is 1. The smallest absolute Gasteiger partial charge is 0.0434 e. The van der Waals surface area contributed by atoms with Crippen molar-refractivity contribution in [1.82, 2.24) is 5.32 Å². The van der Waals surface area contributed by atoms with Gasteiger partial charge < -0.3 is 5.32 Å². The molecule has 0 saturated heterocycles. The fraction of sp³-hybridized carbons (Fsp3) is 0.625. The predicted octanol–water partition coefficient (Wildman–Crippen LogP) is 3.36. The molecule has 0 bridgehead atoms. The monoisotopic (exact) mass is 281 g/mol. The summed E-state index contributed by atoms with van der Waals surface area (Å²) >= 11 is 0. The van der Waals surface area contributed by atoms with E-state index in [9.17, 15) is 4.21 Å². The molecule has 108 valence electrons. The van der Waals surface area contributed by atoms with Gasteiger partial charge in [0.15, 0.2) is 0 Å². The number of hydrogen-bond acceptors (Lipinski definition) is 2. The maximum absolute atomic E-state index is 12.2. The van der Waals surface area contributed by atoms with Gasteiger partial charge >= 0.3 is 0 Å². The van der Waals surface area contributed by atoms with E-state index in [0.717, 1.165) is 12.2 Å². The van der Waals surface area contributed by atoms with Crippen LogP contribution in [0.3, 0.4) is 0 Å². The van der Waals surface area contributed by atoms with Crippen molar-refractivity contribution in [3.63, 3.8) is 0 Å². The molecule has 0 aliphatic rings. The highest BCUT2D eigenvalue weighted by molar-refractivity contribution is 7.85. The number of aryl methyl sites for hydroxylation is 2. The molecule has 0 heterocycles. The van der Waals surface area contributed by atoms with Crippen molar-refractivity contribution in [2.75, 3.05) is 18.6 Å². The molecule has 2 nitrogen and oxygen atoms in total. The van der Waals surface area contributed by atoms with Gasteiger partial charge in [-0.25, -0.2) is 0 Å². The highest BCUT2D eigenvalue weighted by Crippen LogP contribution is 2.18. The maximum atomic E-state index is 12.2. The summed E-state index contributed by atoms with van der Waals surface area (Å²) in [6.07, 6.45) is 1.10. The van der Waals surface area contributed by atoms with E-state index < -0.39 is 10.8 Å². The molecule has 0 fully saturated rings. The third kappa shape index (κ3) is 5.45. The molecule has 0 aliphatic heterocycles. The van der Waals surface area contributed by atoms with Gasteiger partial charge in [-0.1, -0.05) is 49.6 Å². The quantitative estimate of drug-likeness (QED) is 0.830. The van der Waals surface area contributed by atoms with Crippen LogP contribution in [0.4, 0.5) is 0 Å². The lowest BCUT2D eigenvalue weighted by Crippen LogP contribution is -2.25. The van der Waals surface area contributed by atoms with Crippen molar-refractivity contribution in [1.29, 1.82) is 0 Å². The average molecular weight is 281 g/mol. The van der Waals surface area contributed by atoms with Crippen LogP contribution in [0, 0.1) is 19.8 Å². The Morgan fingerprint density at radius 1 is 1.16 bits per heavy atom. The zero-order chi connectivity index (χ0) is 14.4. The first kappa shape index (κ1) is 16.4. The van der Waals surface area contributed by atoms with Crippen LogP contribution in [0.25, 0.3) is 0 Å². The zero-order valence-corrected chi connectivity index (χ0v) is 13.6. The molecule has 3 atom stereocenters. The first-order valence-corrected chi connectivity index (χ1v) is 8.55. The molecule has 0 spiro atoms. The third-order valence-electron chi connectivity index (χ3n) is 3.51. The first-order chi connectivity index (χ1) is 8.96. The van der Waals surface area contributed by atoms with E-state index in [1.165, 1.54) is 16.7 Å². The van der Waals surface area contributed by atoms with E-state index in [1.54, 1.807) is 0 Å². The van der Waals surface area contributed by atoms with Gasteiger partial charge in [0.1, 0.15) is 0 Å². The second-order valence-corrected chi connectivity index (χ2v) is 7.10. The fourth-order valence-electron chi connectivity index (χ4n) is 2.25. The Labute approximate surface area is 120 Å². The minimum Gasteiger partial charge on any atom is -0.312 e. The van der Waals surface area contributed by atoms with E-state index in [-0.39, 0.29) is 6.04 Å². The maximum Gasteiger partial charge on any atom is 0.0434 e. The van der Waals surface area contributed by atoms with Gasteiger partial charge in [-0.3, -0.25) is 4.21 Å². The van der Waals surface area contributed by atoms with E-state index in [2.05, 4.69) is 51.2 Å². The van der Waals surface area contributed by atoms with Crippen LogP contribution in [0.1, 0.15) is 43.0 Å². The van der Waals surface area contributed by atoms with Gasteiger partial charge in [-0.2, -0.15) is 0 Å². The second-order valence-electron chi connectivity index (χ2n) is 5.55. The summed E-state index contributed by atoms with van der Waals surface area (Å²) < 4.78 is 12.2. The normalized spacial score (nSPS) is 16.1. The van der Waals surface area contributed by atoms with Crippen LogP contribution in [0.2, 0.25) is 0 Å². The zero-order valence-electron chi connectivity index (χ0n) is 12.8. The topological polar surface area (TPSA) is 29.1 Å². The van der Waals surface area contributed by atoms with Crippen molar-refractivity contribution in [2.45, 2.75) is 40.2 Å². The van der Waals surface area contributed by atoms with Gasteiger partial charge in [0.05, 0.1) is 0 Å². The molecule has 1 N–H and O–H groups in total. The van der Waals surface area contributed by atoms with Gasteiger partial charge in [0.25, 0.3) is 0 Å². The molecule has 3 heteroatoms.